The van der Waals surface area contributed by atoms with Crippen molar-refractivity contribution >= 4 is 21.9 Å². The van der Waals surface area contributed by atoms with Gasteiger partial charge in [0.1, 0.15) is 11.0 Å². The molecule has 0 aliphatic carbocycles. The molecule has 142 valence electrons. The van der Waals surface area contributed by atoms with Crippen LogP contribution in [-0.4, -0.2) is 25.0 Å². The molecule has 0 saturated carbocycles. The molecule has 0 bridgehead atoms. The third kappa shape index (κ3) is 3.05. The molecule has 0 radical (unpaired) electrons. The van der Waals surface area contributed by atoms with Crippen LogP contribution >= 0.6 is 0 Å². The lowest BCUT2D eigenvalue weighted by atomic mass is 10.0. The van der Waals surface area contributed by atoms with E-state index in [4.69, 9.17) is 0 Å². The number of nitrogens with zero attached hydrogens (tertiary/aromatic N) is 5. The minimum Gasteiger partial charge on any atom is -0.262 e. The van der Waals surface area contributed by atoms with E-state index in [1.165, 1.54) is 11.1 Å². The Bertz CT molecular complexity index is 1340. The molecule has 5 nitrogen and oxygen atoms in total. The van der Waals surface area contributed by atoms with E-state index in [1.807, 2.05) is 23.9 Å². The van der Waals surface area contributed by atoms with Crippen LogP contribution in [-0.2, 0) is 0 Å². The summed E-state index contributed by atoms with van der Waals surface area (Å²) >= 11 is 0. The number of aromatic nitrogens is 5. The van der Waals surface area contributed by atoms with Gasteiger partial charge in [-0.3, -0.25) is 9.97 Å². The zero-order valence-electron chi connectivity index (χ0n) is 16.7. The van der Waals surface area contributed by atoms with Crippen LogP contribution in [0, 0.1) is 13.8 Å². The van der Waals surface area contributed by atoms with E-state index < -0.39 is 0 Å². The second-order valence-electron chi connectivity index (χ2n) is 7.53. The second kappa shape index (κ2) is 6.78. The zero-order chi connectivity index (χ0) is 20.0. The van der Waals surface area contributed by atoms with Crippen LogP contribution in [0.2, 0.25) is 0 Å². The fraction of sp³-hybridized carbons (Fsp3) is 0.167. The van der Waals surface area contributed by atoms with Gasteiger partial charge < -0.3 is 0 Å². The van der Waals surface area contributed by atoms with Gasteiger partial charge in [0.25, 0.3) is 0 Å². The van der Waals surface area contributed by atoms with Crippen molar-refractivity contribution in [2.75, 3.05) is 0 Å². The standard InChI is InChI=1S/C24H21N5/c1-15-4-6-18(7-5-15)17(3)29-24-21-13-19(20-10-11-25-16(2)12-20)8-9-22(21)26-14-23(24)27-28-29/h4-14,17H,1-3H3/t17-/m1/s1. The molecule has 5 heteroatoms. The molecule has 0 fully saturated rings. The molecule has 0 unspecified atom stereocenters. The Balaban J connectivity index is 1.72. The summed E-state index contributed by atoms with van der Waals surface area (Å²) in [5.41, 5.74) is 8.47. The van der Waals surface area contributed by atoms with Crippen molar-refractivity contribution in [3.8, 4) is 11.1 Å². The monoisotopic (exact) mass is 379 g/mol. The van der Waals surface area contributed by atoms with Crippen LogP contribution < -0.4 is 0 Å². The van der Waals surface area contributed by atoms with Crippen LogP contribution in [0.25, 0.3) is 33.1 Å². The van der Waals surface area contributed by atoms with Crippen molar-refractivity contribution in [1.29, 1.82) is 0 Å². The predicted octanol–water partition coefficient (Wildman–Crippen LogP) is 5.27. The molecule has 3 aromatic heterocycles. The van der Waals surface area contributed by atoms with Crippen molar-refractivity contribution in [3.63, 3.8) is 0 Å². The van der Waals surface area contributed by atoms with Crippen molar-refractivity contribution in [2.24, 2.45) is 0 Å². The van der Waals surface area contributed by atoms with Crippen molar-refractivity contribution in [2.45, 2.75) is 26.8 Å². The van der Waals surface area contributed by atoms with Gasteiger partial charge >= 0.3 is 0 Å². The fourth-order valence-electron chi connectivity index (χ4n) is 3.79. The summed E-state index contributed by atoms with van der Waals surface area (Å²) in [5.74, 6) is 0. The number of aryl methyl sites for hydroxylation is 2. The quantitative estimate of drug-likeness (QED) is 0.429. The molecule has 29 heavy (non-hydrogen) atoms. The van der Waals surface area contributed by atoms with E-state index in [9.17, 15) is 0 Å². The van der Waals surface area contributed by atoms with Gasteiger partial charge in [0.05, 0.1) is 17.8 Å². The Morgan fingerprint density at radius 2 is 1.62 bits per heavy atom. The molecule has 0 spiro atoms. The first kappa shape index (κ1) is 17.5. The summed E-state index contributed by atoms with van der Waals surface area (Å²) in [5, 5.41) is 9.92. The van der Waals surface area contributed by atoms with Gasteiger partial charge in [-0.1, -0.05) is 41.1 Å². The maximum Gasteiger partial charge on any atom is 0.132 e. The fourth-order valence-corrected chi connectivity index (χ4v) is 3.79. The summed E-state index contributed by atoms with van der Waals surface area (Å²) < 4.78 is 2.01. The third-order valence-corrected chi connectivity index (χ3v) is 5.45. The maximum absolute atomic E-state index is 4.59. The second-order valence-corrected chi connectivity index (χ2v) is 7.53. The van der Waals surface area contributed by atoms with Gasteiger partial charge in [0, 0.05) is 17.3 Å². The van der Waals surface area contributed by atoms with E-state index >= 15 is 0 Å². The van der Waals surface area contributed by atoms with Crippen molar-refractivity contribution in [1.82, 2.24) is 25.0 Å². The number of pyridine rings is 2. The van der Waals surface area contributed by atoms with Crippen LogP contribution in [0.3, 0.4) is 0 Å². The normalized spacial score (nSPS) is 12.5. The van der Waals surface area contributed by atoms with E-state index in [1.54, 1.807) is 6.20 Å². The largest absolute Gasteiger partial charge is 0.262 e. The number of fused-ring (bicyclic) bond motifs is 3. The van der Waals surface area contributed by atoms with Crippen molar-refractivity contribution in [3.05, 3.63) is 83.8 Å². The van der Waals surface area contributed by atoms with E-state index in [-0.39, 0.29) is 6.04 Å². The highest BCUT2D eigenvalue weighted by Gasteiger charge is 2.16. The minimum absolute atomic E-state index is 0.0676. The summed E-state index contributed by atoms with van der Waals surface area (Å²) in [7, 11) is 0. The van der Waals surface area contributed by atoms with Gasteiger partial charge in [-0.25, -0.2) is 4.68 Å². The SMILES string of the molecule is Cc1ccc([C@@H](C)n2nnc3cnc4ccc(-c5ccnc(C)c5)cc4c32)cc1. The molecule has 5 aromatic rings. The van der Waals surface area contributed by atoms with Crippen LogP contribution in [0.4, 0.5) is 0 Å². The van der Waals surface area contributed by atoms with Crippen LogP contribution in [0.5, 0.6) is 0 Å². The molecule has 3 heterocycles. The highest BCUT2D eigenvalue weighted by atomic mass is 15.4. The van der Waals surface area contributed by atoms with Gasteiger partial charge in [0.15, 0.2) is 0 Å². The number of hydrogen-bond acceptors (Lipinski definition) is 4. The molecule has 2 aromatic carbocycles. The van der Waals surface area contributed by atoms with Gasteiger partial charge in [-0.05, 0) is 61.7 Å². The molecule has 0 aliphatic rings. The van der Waals surface area contributed by atoms with Crippen LogP contribution in [0.15, 0.2) is 67.0 Å². The molecular formula is C24H21N5. The van der Waals surface area contributed by atoms with Crippen molar-refractivity contribution < 1.29 is 0 Å². The number of benzene rings is 2. The first-order valence-corrected chi connectivity index (χ1v) is 9.73. The van der Waals surface area contributed by atoms with Gasteiger partial charge in [-0.2, -0.15) is 0 Å². The lowest BCUT2D eigenvalue weighted by molar-refractivity contribution is 0.561. The van der Waals surface area contributed by atoms with E-state index in [2.05, 4.69) is 82.7 Å². The zero-order valence-corrected chi connectivity index (χ0v) is 16.7. The molecule has 1 atom stereocenters. The topological polar surface area (TPSA) is 56.5 Å². The van der Waals surface area contributed by atoms with E-state index in [0.29, 0.717) is 0 Å². The molecule has 5 rings (SSSR count). The minimum atomic E-state index is 0.0676. The van der Waals surface area contributed by atoms with Gasteiger partial charge in [-0.15, -0.1) is 5.10 Å². The predicted molar refractivity (Wildman–Crippen MR) is 116 cm³/mol. The first-order valence-electron chi connectivity index (χ1n) is 9.73. The Labute approximate surface area is 169 Å². The van der Waals surface area contributed by atoms with Gasteiger partial charge in [0.2, 0.25) is 0 Å². The number of rotatable bonds is 3. The highest BCUT2D eigenvalue weighted by Crippen LogP contribution is 2.30. The summed E-state index contributed by atoms with van der Waals surface area (Å²) in [6, 6.07) is 19.1. The summed E-state index contributed by atoms with van der Waals surface area (Å²) in [6.45, 7) is 6.26. The molecule has 0 amide bonds. The van der Waals surface area contributed by atoms with Crippen LogP contribution in [0.1, 0.15) is 29.8 Å². The Morgan fingerprint density at radius 3 is 2.41 bits per heavy atom. The average molecular weight is 379 g/mol. The summed E-state index contributed by atoms with van der Waals surface area (Å²) in [6.07, 6.45) is 3.65. The summed E-state index contributed by atoms with van der Waals surface area (Å²) in [4.78, 5) is 8.90. The average Bonchev–Trinajstić information content (AvgIpc) is 3.18. The third-order valence-electron chi connectivity index (χ3n) is 5.45. The lowest BCUT2D eigenvalue weighted by Crippen LogP contribution is -2.09. The Hall–Kier alpha value is -3.60. The molecule has 0 N–H and O–H groups in total. The maximum atomic E-state index is 4.59. The number of hydrogen-bond donors (Lipinski definition) is 0. The van der Waals surface area contributed by atoms with E-state index in [0.717, 1.165) is 38.8 Å². The lowest BCUT2D eigenvalue weighted by Gasteiger charge is -2.14. The molecular weight excluding hydrogens is 358 g/mol. The smallest absolute Gasteiger partial charge is 0.132 e. The molecule has 0 saturated heterocycles. The highest BCUT2D eigenvalue weighted by molar-refractivity contribution is 6.03. The molecule has 0 aliphatic heterocycles. The Kier molecular flexibility index (Phi) is 4.09. The Morgan fingerprint density at radius 1 is 0.828 bits per heavy atom. The first-order chi connectivity index (χ1) is 14.1.